The van der Waals surface area contributed by atoms with Crippen LogP contribution in [0.2, 0.25) is 13.3 Å². The molecule has 3 heteroatoms. The third-order valence-electron chi connectivity index (χ3n) is 7.52. The van der Waals surface area contributed by atoms with E-state index in [4.69, 9.17) is 0 Å². The molecule has 0 radical (unpaired) electrons. The topological polar surface area (TPSA) is 0 Å². The van der Waals surface area contributed by atoms with Crippen molar-refractivity contribution in [2.75, 3.05) is 0 Å². The van der Waals surface area contributed by atoms with Crippen LogP contribution in [0.5, 0.6) is 0 Å². The fraction of sp³-hybridized carbons (Fsp3) is 0.394. The van der Waals surface area contributed by atoms with E-state index in [1.54, 1.807) is 18.9 Å². The fourth-order valence-corrected chi connectivity index (χ4v) is 24.0. The molecule has 0 saturated heterocycles. The van der Waals surface area contributed by atoms with Gasteiger partial charge in [-0.3, -0.25) is 0 Å². The molecule has 0 bridgehead atoms. The summed E-state index contributed by atoms with van der Waals surface area (Å²) in [4.78, 5) is 0. The SMILES string of the molecule is Brc1cc(Br)c2cccccc1-2.CCC[CH2][Sn]([CH2]CCC)([CH2]CCC)[c]1cc(C)c2cccccc1-2. The quantitative estimate of drug-likeness (QED) is 0.143. The number of aryl methyl sites for hydroxylation is 1. The van der Waals surface area contributed by atoms with E-state index in [1.165, 1.54) is 60.8 Å². The predicted molar refractivity (Wildman–Crippen MR) is 171 cm³/mol. The molecule has 0 nitrogen and oxygen atoms in total. The molecule has 0 aliphatic heterocycles. The van der Waals surface area contributed by atoms with Crippen molar-refractivity contribution in [1.82, 2.24) is 0 Å². The van der Waals surface area contributed by atoms with E-state index >= 15 is 0 Å². The van der Waals surface area contributed by atoms with Gasteiger partial charge in [-0.25, -0.2) is 0 Å². The Hall–Kier alpha value is -0.841. The molecular weight excluding hydrogens is 675 g/mol. The molecule has 0 aromatic heterocycles. The van der Waals surface area contributed by atoms with Crippen molar-refractivity contribution in [2.45, 2.75) is 79.5 Å². The monoisotopic (exact) mass is 716 g/mol. The van der Waals surface area contributed by atoms with Crippen molar-refractivity contribution in [2.24, 2.45) is 0 Å². The Morgan fingerprint density at radius 2 is 0.972 bits per heavy atom. The molecular formula is C33H42Br2Sn. The summed E-state index contributed by atoms with van der Waals surface area (Å²) >= 11 is 4.68. The van der Waals surface area contributed by atoms with Crippen LogP contribution in [-0.4, -0.2) is 18.4 Å². The molecule has 0 unspecified atom stereocenters. The molecule has 36 heavy (non-hydrogen) atoms. The Balaban J connectivity index is 0.000000249. The second kappa shape index (κ2) is 14.9. The van der Waals surface area contributed by atoms with Crippen molar-refractivity contribution in [3.05, 3.63) is 87.3 Å². The van der Waals surface area contributed by atoms with Gasteiger partial charge in [-0.05, 0) is 17.2 Å². The molecule has 0 amide bonds. The molecule has 0 heterocycles. The Morgan fingerprint density at radius 3 is 1.42 bits per heavy atom. The Labute approximate surface area is 241 Å². The maximum absolute atomic E-state index is 3.51. The van der Waals surface area contributed by atoms with Gasteiger partial charge < -0.3 is 0 Å². The van der Waals surface area contributed by atoms with Gasteiger partial charge >= 0.3 is 155 Å². The molecule has 4 aliphatic rings. The van der Waals surface area contributed by atoms with Gasteiger partial charge in [-0.2, -0.15) is 0 Å². The van der Waals surface area contributed by atoms with Crippen molar-refractivity contribution < 1.29 is 0 Å². The van der Waals surface area contributed by atoms with Gasteiger partial charge in [0.2, 0.25) is 0 Å². The number of halogens is 2. The number of hydrogen-bond donors (Lipinski definition) is 0. The summed E-state index contributed by atoms with van der Waals surface area (Å²) in [5, 5.41) is 0. The zero-order valence-corrected chi connectivity index (χ0v) is 28.6. The van der Waals surface area contributed by atoms with E-state index in [9.17, 15) is 0 Å². The molecule has 0 saturated carbocycles. The first-order valence-electron chi connectivity index (χ1n) is 13.8. The molecule has 192 valence electrons. The average molecular weight is 717 g/mol. The number of fused-ring (bicyclic) bond motifs is 2. The molecule has 0 aromatic rings. The standard InChI is InChI=1S/C11H9.C10H6Br2.3C4H9.Sn/c1-9-7-8-10-5-3-2-4-6-11(9)10;11-9-6-10(12)8-5-3-1-2-4-7(8)9;3*1-3-4-2;/h2-7H,1H3;1-6H;3*1,3-4H2,2H3;. The minimum absolute atomic E-state index is 1.14. The second-order valence-corrected chi connectivity index (χ2v) is 25.0. The third kappa shape index (κ3) is 7.38. The zero-order valence-electron chi connectivity index (χ0n) is 22.5. The van der Waals surface area contributed by atoms with E-state index in [-0.39, 0.29) is 0 Å². The van der Waals surface area contributed by atoms with Crippen LogP contribution < -0.4 is 3.58 Å². The van der Waals surface area contributed by atoms with Gasteiger partial charge in [0.05, 0.1) is 0 Å². The van der Waals surface area contributed by atoms with Crippen molar-refractivity contribution >= 4 is 53.8 Å². The average Bonchev–Trinajstić information content (AvgIpc) is 3.14. The molecule has 0 fully saturated rings. The number of hydrogen-bond acceptors (Lipinski definition) is 0. The van der Waals surface area contributed by atoms with E-state index in [0.29, 0.717) is 0 Å². The Bertz CT molecular complexity index is 1100. The van der Waals surface area contributed by atoms with Crippen LogP contribution in [0.15, 0.2) is 81.7 Å². The molecule has 0 aromatic carbocycles. The third-order valence-corrected chi connectivity index (χ3v) is 24.5. The van der Waals surface area contributed by atoms with Crippen LogP contribution in [0.3, 0.4) is 0 Å². The summed E-state index contributed by atoms with van der Waals surface area (Å²) in [6, 6.07) is 26.4. The van der Waals surface area contributed by atoms with Gasteiger partial charge in [-0.1, -0.05) is 62.2 Å². The van der Waals surface area contributed by atoms with Crippen LogP contribution in [0.1, 0.15) is 64.9 Å². The van der Waals surface area contributed by atoms with Crippen molar-refractivity contribution in [1.29, 1.82) is 0 Å². The summed E-state index contributed by atoms with van der Waals surface area (Å²) in [5.74, 6) is 0. The molecule has 4 rings (SSSR count). The summed E-state index contributed by atoms with van der Waals surface area (Å²) in [6.45, 7) is 9.42. The van der Waals surface area contributed by atoms with E-state index in [1.807, 2.05) is 21.8 Å². The first-order chi connectivity index (χ1) is 17.5. The van der Waals surface area contributed by atoms with Gasteiger partial charge in [-0.15, -0.1) is 0 Å². The summed E-state index contributed by atoms with van der Waals surface area (Å²) in [6.07, 6.45) is 8.36. The van der Waals surface area contributed by atoms with Crippen LogP contribution in [0.4, 0.5) is 0 Å². The fourth-order valence-electron chi connectivity index (χ4n) is 5.49. The zero-order chi connectivity index (χ0) is 26.0. The first-order valence-corrected chi connectivity index (χ1v) is 22.9. The Kier molecular flexibility index (Phi) is 12.3. The van der Waals surface area contributed by atoms with E-state index in [2.05, 4.69) is 114 Å². The first kappa shape index (κ1) is 29.7. The van der Waals surface area contributed by atoms with Gasteiger partial charge in [0, 0.05) is 8.95 Å². The van der Waals surface area contributed by atoms with Gasteiger partial charge in [0.15, 0.2) is 0 Å². The maximum atomic E-state index is 3.51. The van der Waals surface area contributed by atoms with Gasteiger partial charge in [0.1, 0.15) is 0 Å². The molecule has 0 N–H and O–H groups in total. The van der Waals surface area contributed by atoms with Crippen LogP contribution in [-0.2, 0) is 0 Å². The van der Waals surface area contributed by atoms with Crippen LogP contribution in [0.25, 0.3) is 22.3 Å². The van der Waals surface area contributed by atoms with Crippen molar-refractivity contribution in [3.8, 4) is 22.3 Å². The second-order valence-electron chi connectivity index (χ2n) is 10.1. The van der Waals surface area contributed by atoms with Crippen molar-refractivity contribution in [3.63, 3.8) is 0 Å². The minimum atomic E-state index is -2.33. The number of rotatable bonds is 10. The molecule has 0 spiro atoms. The molecule has 4 aliphatic carbocycles. The summed E-state index contributed by atoms with van der Waals surface area (Å²) < 4.78 is 8.80. The summed E-state index contributed by atoms with van der Waals surface area (Å²) in [5.41, 5.74) is 7.08. The Morgan fingerprint density at radius 1 is 0.556 bits per heavy atom. The molecule has 0 atom stereocenters. The van der Waals surface area contributed by atoms with E-state index < -0.39 is 18.4 Å². The predicted octanol–water partition coefficient (Wildman–Crippen LogP) is 11.5. The number of unbranched alkanes of at least 4 members (excludes halogenated alkanes) is 3. The van der Waals surface area contributed by atoms with Crippen LogP contribution in [0, 0.1) is 6.92 Å². The van der Waals surface area contributed by atoms with Gasteiger partial charge in [0.25, 0.3) is 0 Å². The van der Waals surface area contributed by atoms with E-state index in [0.717, 1.165) is 8.95 Å². The normalized spacial score (nSPS) is 11.5. The summed E-state index contributed by atoms with van der Waals surface area (Å²) in [7, 11) is 0. The van der Waals surface area contributed by atoms with Crippen LogP contribution >= 0.6 is 31.9 Å².